The highest BCUT2D eigenvalue weighted by Gasteiger charge is 2.28. The summed E-state index contributed by atoms with van der Waals surface area (Å²) < 4.78 is 38.2. The van der Waals surface area contributed by atoms with Gasteiger partial charge in [-0.3, -0.25) is 0 Å². The highest BCUT2D eigenvalue weighted by molar-refractivity contribution is 7.89. The van der Waals surface area contributed by atoms with Crippen molar-refractivity contribution in [1.29, 1.82) is 0 Å². The first-order valence-electron chi connectivity index (χ1n) is 6.84. The molecule has 2 heterocycles. The van der Waals surface area contributed by atoms with Crippen molar-refractivity contribution in [3.8, 4) is 0 Å². The van der Waals surface area contributed by atoms with Gasteiger partial charge in [0.25, 0.3) is 0 Å². The SMILES string of the molecule is Cc1oc(C)c(S(=O)(=O)NCC2CN(C)CCO2)c1CO. The average molecular weight is 318 g/mol. The van der Waals surface area contributed by atoms with Crippen molar-refractivity contribution < 1.29 is 22.7 Å². The summed E-state index contributed by atoms with van der Waals surface area (Å²) in [6.45, 7) is 5.15. The fraction of sp³-hybridized carbons (Fsp3) is 0.692. The summed E-state index contributed by atoms with van der Waals surface area (Å²) in [5.74, 6) is 0.703. The third-order valence-corrected chi connectivity index (χ3v) is 5.21. The molecule has 1 aromatic rings. The van der Waals surface area contributed by atoms with Crippen LogP contribution in [0.15, 0.2) is 9.31 Å². The number of aliphatic hydroxyl groups is 1. The molecule has 0 amide bonds. The van der Waals surface area contributed by atoms with E-state index >= 15 is 0 Å². The van der Waals surface area contributed by atoms with Crippen LogP contribution < -0.4 is 4.72 Å². The van der Waals surface area contributed by atoms with Crippen molar-refractivity contribution in [3.63, 3.8) is 0 Å². The largest absolute Gasteiger partial charge is 0.465 e. The second-order valence-corrected chi connectivity index (χ2v) is 6.99. The molecule has 2 rings (SSSR count). The second kappa shape index (κ2) is 6.45. The molecule has 2 N–H and O–H groups in total. The first-order chi connectivity index (χ1) is 9.85. The van der Waals surface area contributed by atoms with Crippen LogP contribution in [0.2, 0.25) is 0 Å². The van der Waals surface area contributed by atoms with E-state index in [1.807, 2.05) is 7.05 Å². The Morgan fingerprint density at radius 2 is 2.10 bits per heavy atom. The predicted molar refractivity (Wildman–Crippen MR) is 76.5 cm³/mol. The molecule has 21 heavy (non-hydrogen) atoms. The smallest absolute Gasteiger partial charge is 0.244 e. The molecule has 1 aliphatic heterocycles. The molecule has 120 valence electrons. The van der Waals surface area contributed by atoms with Gasteiger partial charge in [-0.2, -0.15) is 0 Å². The molecule has 0 aromatic carbocycles. The topological polar surface area (TPSA) is 92.0 Å². The first-order valence-corrected chi connectivity index (χ1v) is 8.33. The molecule has 0 saturated carbocycles. The lowest BCUT2D eigenvalue weighted by Crippen LogP contribution is -2.46. The fourth-order valence-electron chi connectivity index (χ4n) is 2.51. The van der Waals surface area contributed by atoms with Crippen molar-refractivity contribution in [2.75, 3.05) is 33.3 Å². The molecular weight excluding hydrogens is 296 g/mol. The number of sulfonamides is 1. The predicted octanol–water partition coefficient (Wildman–Crippen LogP) is -0.00236. The molecule has 1 aromatic heterocycles. The van der Waals surface area contributed by atoms with Crippen molar-refractivity contribution in [1.82, 2.24) is 9.62 Å². The Morgan fingerprint density at radius 3 is 2.71 bits per heavy atom. The van der Waals surface area contributed by atoms with Crippen LogP contribution in [0.1, 0.15) is 17.1 Å². The van der Waals surface area contributed by atoms with E-state index in [4.69, 9.17) is 9.15 Å². The summed E-state index contributed by atoms with van der Waals surface area (Å²) in [5, 5.41) is 9.34. The van der Waals surface area contributed by atoms with Crippen LogP contribution in [0, 0.1) is 13.8 Å². The van der Waals surface area contributed by atoms with Gasteiger partial charge in [0, 0.05) is 25.2 Å². The molecule has 1 saturated heterocycles. The maximum absolute atomic E-state index is 12.4. The first kappa shape index (κ1) is 16.4. The quantitative estimate of drug-likeness (QED) is 0.794. The summed E-state index contributed by atoms with van der Waals surface area (Å²) in [6.07, 6.45) is -0.176. The molecule has 0 aliphatic carbocycles. The maximum Gasteiger partial charge on any atom is 0.244 e. The number of furan rings is 1. The Kier molecular flexibility index (Phi) is 5.05. The number of hydrogen-bond acceptors (Lipinski definition) is 6. The number of rotatable bonds is 5. The Hall–Kier alpha value is -0.930. The lowest BCUT2D eigenvalue weighted by atomic mass is 10.2. The summed E-state index contributed by atoms with van der Waals surface area (Å²) in [6, 6.07) is 0. The monoisotopic (exact) mass is 318 g/mol. The van der Waals surface area contributed by atoms with Gasteiger partial charge in [-0.1, -0.05) is 0 Å². The lowest BCUT2D eigenvalue weighted by Gasteiger charge is -2.30. The molecule has 0 spiro atoms. The third-order valence-electron chi connectivity index (χ3n) is 3.59. The van der Waals surface area contributed by atoms with Gasteiger partial charge in [-0.05, 0) is 20.9 Å². The van der Waals surface area contributed by atoms with Crippen LogP contribution in [-0.4, -0.2) is 57.8 Å². The number of likely N-dealkylation sites (N-methyl/N-ethyl adjacent to an activating group) is 1. The minimum absolute atomic E-state index is 0.0339. The number of aryl methyl sites for hydroxylation is 2. The van der Waals surface area contributed by atoms with Crippen molar-refractivity contribution in [2.24, 2.45) is 0 Å². The van der Waals surface area contributed by atoms with E-state index in [1.54, 1.807) is 13.8 Å². The third kappa shape index (κ3) is 3.64. The number of nitrogens with zero attached hydrogens (tertiary/aromatic N) is 1. The molecule has 8 heteroatoms. The van der Waals surface area contributed by atoms with Crippen LogP contribution in [0.4, 0.5) is 0 Å². The standard InChI is InChI=1S/C13H22N2O5S/c1-9-12(8-16)13(10(2)20-9)21(17,18)14-6-11-7-15(3)4-5-19-11/h11,14,16H,4-8H2,1-3H3. The highest BCUT2D eigenvalue weighted by atomic mass is 32.2. The maximum atomic E-state index is 12.4. The van der Waals surface area contributed by atoms with Gasteiger partial charge in [-0.15, -0.1) is 0 Å². The zero-order valence-corrected chi connectivity index (χ0v) is 13.4. The van der Waals surface area contributed by atoms with Crippen LogP contribution in [0.3, 0.4) is 0 Å². The molecule has 0 bridgehead atoms. The van der Waals surface area contributed by atoms with Gasteiger partial charge in [0.15, 0.2) is 0 Å². The minimum Gasteiger partial charge on any atom is -0.465 e. The lowest BCUT2D eigenvalue weighted by molar-refractivity contribution is -0.0156. The normalized spacial score (nSPS) is 20.9. The highest BCUT2D eigenvalue weighted by Crippen LogP contribution is 2.26. The van der Waals surface area contributed by atoms with Gasteiger partial charge in [-0.25, -0.2) is 13.1 Å². The second-order valence-electron chi connectivity index (χ2n) is 5.29. The van der Waals surface area contributed by atoms with E-state index in [1.165, 1.54) is 0 Å². The zero-order chi connectivity index (χ0) is 15.6. The molecule has 1 unspecified atom stereocenters. The molecule has 1 atom stereocenters. The van der Waals surface area contributed by atoms with Gasteiger partial charge >= 0.3 is 0 Å². The van der Waals surface area contributed by atoms with E-state index in [0.29, 0.717) is 24.5 Å². The number of hydrogen-bond donors (Lipinski definition) is 2. The molecule has 0 radical (unpaired) electrons. The summed E-state index contributed by atoms with van der Waals surface area (Å²) in [4.78, 5) is 2.13. The number of nitrogens with one attached hydrogen (secondary N) is 1. The summed E-state index contributed by atoms with van der Waals surface area (Å²) in [7, 11) is -1.76. The van der Waals surface area contributed by atoms with Crippen molar-refractivity contribution in [3.05, 3.63) is 17.1 Å². The van der Waals surface area contributed by atoms with E-state index in [9.17, 15) is 13.5 Å². The minimum atomic E-state index is -3.73. The van der Waals surface area contributed by atoms with Gasteiger partial charge in [0.05, 0.1) is 19.3 Å². The molecule has 7 nitrogen and oxygen atoms in total. The Balaban J connectivity index is 2.12. The van der Waals surface area contributed by atoms with E-state index in [0.717, 1.165) is 6.54 Å². The Bertz CT molecular complexity index is 596. The van der Waals surface area contributed by atoms with Crippen LogP contribution in [0.5, 0.6) is 0 Å². The van der Waals surface area contributed by atoms with E-state index < -0.39 is 10.0 Å². The Labute approximate surface area is 124 Å². The van der Waals surface area contributed by atoms with Crippen LogP contribution >= 0.6 is 0 Å². The summed E-state index contributed by atoms with van der Waals surface area (Å²) in [5.41, 5.74) is 0.307. The molecule has 1 aliphatic rings. The average Bonchev–Trinajstić information content (AvgIpc) is 2.71. The van der Waals surface area contributed by atoms with Crippen molar-refractivity contribution >= 4 is 10.0 Å². The number of aliphatic hydroxyl groups excluding tert-OH is 1. The molecular formula is C13H22N2O5S. The number of ether oxygens (including phenoxy) is 1. The van der Waals surface area contributed by atoms with Gasteiger partial charge < -0.3 is 19.2 Å². The summed E-state index contributed by atoms with van der Waals surface area (Å²) >= 11 is 0. The fourth-order valence-corrected chi connectivity index (χ4v) is 4.01. The molecule has 1 fully saturated rings. The van der Waals surface area contributed by atoms with Gasteiger partial charge in [0.2, 0.25) is 10.0 Å². The zero-order valence-electron chi connectivity index (χ0n) is 12.5. The van der Waals surface area contributed by atoms with Crippen molar-refractivity contribution in [2.45, 2.75) is 31.5 Å². The van der Waals surface area contributed by atoms with E-state index in [-0.39, 0.29) is 29.9 Å². The van der Waals surface area contributed by atoms with E-state index in [2.05, 4.69) is 9.62 Å². The number of morpholine rings is 1. The van der Waals surface area contributed by atoms with Gasteiger partial charge in [0.1, 0.15) is 16.4 Å². The van der Waals surface area contributed by atoms with Crippen LogP contribution in [0.25, 0.3) is 0 Å². The Morgan fingerprint density at radius 1 is 1.38 bits per heavy atom. The van der Waals surface area contributed by atoms with Crippen LogP contribution in [-0.2, 0) is 21.4 Å².